The van der Waals surface area contributed by atoms with Crippen LogP contribution >= 0.6 is 0 Å². The standard InChI is InChI=1S/C47H61F5N2O4/c1-7-38-36-19-21-44(56)27-45(57-28-42(4,5)29-58-45)22-20-39(44)40(36)37(26-43(38,6)41(55)46(48,49)47(50,51)52)33-13-11-32(12-14-33)25-30(2)31(3)53-34-15-17-35(18-16-34)54-23-9-8-10-24-54/h11-18,36-38,41,53,55-56H,2-3,7-10,19-29H2,1,4-6H3/t36?,37-,38?,41?,43?,44?/m1/s1. The van der Waals surface area contributed by atoms with E-state index in [0.29, 0.717) is 57.4 Å². The van der Waals surface area contributed by atoms with Gasteiger partial charge in [-0.3, -0.25) is 0 Å². The average molecular weight is 813 g/mol. The smallest absolute Gasteiger partial charge is 0.386 e. The summed E-state index contributed by atoms with van der Waals surface area (Å²) in [5.74, 6) is -7.96. The van der Waals surface area contributed by atoms with E-state index in [1.807, 2.05) is 36.4 Å². The highest BCUT2D eigenvalue weighted by Gasteiger charge is 2.69. The van der Waals surface area contributed by atoms with Crippen molar-refractivity contribution in [1.29, 1.82) is 0 Å². The maximum Gasteiger partial charge on any atom is 0.456 e. The minimum Gasteiger partial charge on any atom is -0.386 e. The van der Waals surface area contributed by atoms with Crippen LogP contribution in [0.25, 0.3) is 0 Å². The van der Waals surface area contributed by atoms with Gasteiger partial charge in [0.25, 0.3) is 0 Å². The largest absolute Gasteiger partial charge is 0.456 e. The monoisotopic (exact) mass is 812 g/mol. The molecule has 1 spiro atoms. The molecule has 0 radical (unpaired) electrons. The second kappa shape index (κ2) is 15.7. The van der Waals surface area contributed by atoms with Crippen LogP contribution in [0.2, 0.25) is 0 Å². The molecule has 6 atom stereocenters. The number of nitrogens with zero attached hydrogens (tertiary/aromatic N) is 1. The van der Waals surface area contributed by atoms with Crippen LogP contribution in [0.1, 0.15) is 109 Å². The highest BCUT2D eigenvalue weighted by molar-refractivity contribution is 5.59. The molecule has 2 saturated heterocycles. The van der Waals surface area contributed by atoms with E-state index < -0.39 is 52.8 Å². The first-order valence-corrected chi connectivity index (χ1v) is 21.2. The van der Waals surface area contributed by atoms with Crippen molar-refractivity contribution in [1.82, 2.24) is 0 Å². The third kappa shape index (κ3) is 8.02. The summed E-state index contributed by atoms with van der Waals surface area (Å²) < 4.78 is 84.8. The van der Waals surface area contributed by atoms with Gasteiger partial charge >= 0.3 is 12.1 Å². The maximum absolute atomic E-state index is 15.2. The van der Waals surface area contributed by atoms with E-state index in [9.17, 15) is 23.4 Å². The van der Waals surface area contributed by atoms with E-state index in [0.717, 1.165) is 46.6 Å². The van der Waals surface area contributed by atoms with E-state index in [-0.39, 0.29) is 18.3 Å². The fourth-order valence-corrected chi connectivity index (χ4v) is 11.0. The van der Waals surface area contributed by atoms with Crippen LogP contribution in [-0.4, -0.2) is 66.1 Å². The Bertz CT molecular complexity index is 1860. The number of alkyl halides is 5. The molecule has 5 unspecified atom stereocenters. The SMILES string of the molecule is C=C(Cc1ccc([C@H]2CC(C)(C(O)C(F)(F)C(F)(F)F)C(CC)C3CCC4(O)CC5(CCC4=C32)OCC(C)(C)CO5)cc1)C(=C)Nc1ccc(N2CCCCC2)cc1. The Kier molecular flexibility index (Phi) is 11.6. The lowest BCUT2D eigenvalue weighted by atomic mass is 9.48. The maximum atomic E-state index is 15.2. The van der Waals surface area contributed by atoms with Gasteiger partial charge in [-0.05, 0) is 110 Å². The molecule has 0 bridgehead atoms. The number of fused-ring (bicyclic) bond motifs is 2. The topological polar surface area (TPSA) is 74.2 Å². The Morgan fingerprint density at radius 2 is 1.57 bits per heavy atom. The van der Waals surface area contributed by atoms with Crippen molar-refractivity contribution >= 4 is 11.4 Å². The van der Waals surface area contributed by atoms with Gasteiger partial charge in [0.15, 0.2) is 5.79 Å². The number of anilines is 2. The van der Waals surface area contributed by atoms with E-state index >= 15 is 8.78 Å². The number of rotatable bonds is 10. The van der Waals surface area contributed by atoms with Crippen molar-refractivity contribution in [2.75, 3.05) is 36.5 Å². The molecule has 0 aromatic heterocycles. The van der Waals surface area contributed by atoms with Gasteiger partial charge in [0.05, 0.1) is 18.8 Å². The number of benzene rings is 2. The van der Waals surface area contributed by atoms with Gasteiger partial charge < -0.3 is 29.9 Å². The quantitative estimate of drug-likeness (QED) is 0.126. The van der Waals surface area contributed by atoms with Crippen molar-refractivity contribution in [2.45, 2.75) is 134 Å². The zero-order chi connectivity index (χ0) is 41.9. The van der Waals surface area contributed by atoms with Crippen LogP contribution < -0.4 is 10.2 Å². The zero-order valence-electron chi connectivity index (χ0n) is 34.5. The van der Waals surface area contributed by atoms with E-state index in [4.69, 9.17) is 9.47 Å². The number of hydrogen-bond donors (Lipinski definition) is 3. The summed E-state index contributed by atoms with van der Waals surface area (Å²) >= 11 is 0. The summed E-state index contributed by atoms with van der Waals surface area (Å²) in [6.07, 6.45) is -2.74. The number of ether oxygens (including phenoxy) is 2. The number of aliphatic hydroxyl groups excluding tert-OH is 1. The van der Waals surface area contributed by atoms with Crippen molar-refractivity contribution in [3.8, 4) is 0 Å². The van der Waals surface area contributed by atoms with E-state index in [1.165, 1.54) is 31.9 Å². The Labute approximate surface area is 340 Å². The molecule has 2 aromatic carbocycles. The minimum atomic E-state index is -5.92. The molecule has 5 aliphatic rings. The van der Waals surface area contributed by atoms with Gasteiger partial charge in [-0.1, -0.05) is 77.1 Å². The van der Waals surface area contributed by atoms with Crippen LogP contribution in [0.15, 0.2) is 84.1 Å². The molecule has 2 aromatic rings. The molecule has 3 N–H and O–H groups in total. The normalized spacial score (nSPS) is 30.3. The Balaban J connectivity index is 1.16. The number of halogens is 5. The highest BCUT2D eigenvalue weighted by atomic mass is 19.4. The molecule has 0 amide bonds. The number of piperidine rings is 1. The Morgan fingerprint density at radius 1 is 0.931 bits per heavy atom. The van der Waals surface area contributed by atoms with Gasteiger partial charge in [0, 0.05) is 59.8 Å². The van der Waals surface area contributed by atoms with Crippen LogP contribution in [0.5, 0.6) is 0 Å². The van der Waals surface area contributed by atoms with Crippen LogP contribution in [0, 0.1) is 22.7 Å². The Hall–Kier alpha value is -3.25. The fourth-order valence-electron chi connectivity index (χ4n) is 11.0. The lowest BCUT2D eigenvalue weighted by molar-refractivity contribution is -0.333. The molecule has 6 nitrogen and oxygen atoms in total. The van der Waals surface area contributed by atoms with E-state index in [1.54, 1.807) is 6.92 Å². The molecule has 2 aliphatic heterocycles. The van der Waals surface area contributed by atoms with Crippen molar-refractivity contribution in [2.24, 2.45) is 22.7 Å². The molecule has 3 aliphatic carbocycles. The number of nitrogens with one attached hydrogen (secondary N) is 1. The summed E-state index contributed by atoms with van der Waals surface area (Å²) in [6, 6.07) is 16.0. The minimum absolute atomic E-state index is 0.139. The summed E-state index contributed by atoms with van der Waals surface area (Å²) in [7, 11) is 0. The predicted octanol–water partition coefficient (Wildman–Crippen LogP) is 10.9. The van der Waals surface area contributed by atoms with Gasteiger partial charge in [-0.2, -0.15) is 22.0 Å². The average Bonchev–Trinajstić information content (AvgIpc) is 3.18. The van der Waals surface area contributed by atoms with E-state index in [2.05, 4.69) is 49.4 Å². The molecule has 58 heavy (non-hydrogen) atoms. The molecular formula is C47H61F5N2O4. The fraction of sp³-hybridized carbons (Fsp3) is 0.617. The number of allylic oxidation sites excluding steroid dienone is 2. The van der Waals surface area contributed by atoms with Gasteiger partial charge in [-0.15, -0.1) is 0 Å². The van der Waals surface area contributed by atoms with Crippen molar-refractivity contribution in [3.05, 3.63) is 95.2 Å². The Morgan fingerprint density at radius 3 is 2.17 bits per heavy atom. The van der Waals surface area contributed by atoms with Crippen LogP contribution in [0.4, 0.5) is 33.3 Å². The summed E-state index contributed by atoms with van der Waals surface area (Å²) in [5, 5.41) is 27.1. The zero-order valence-corrected chi connectivity index (χ0v) is 34.5. The highest BCUT2D eigenvalue weighted by Crippen LogP contribution is 2.65. The first-order chi connectivity index (χ1) is 27.2. The number of hydrogen-bond acceptors (Lipinski definition) is 6. The van der Waals surface area contributed by atoms with Gasteiger partial charge in [-0.25, -0.2) is 0 Å². The van der Waals surface area contributed by atoms with Crippen molar-refractivity contribution in [3.63, 3.8) is 0 Å². The molecule has 2 saturated carbocycles. The molecular weight excluding hydrogens is 752 g/mol. The predicted molar refractivity (Wildman–Crippen MR) is 218 cm³/mol. The molecule has 318 valence electrons. The lowest BCUT2D eigenvalue weighted by Gasteiger charge is -2.59. The molecule has 11 heteroatoms. The second-order valence-electron chi connectivity index (χ2n) is 19.0. The molecule has 4 fully saturated rings. The van der Waals surface area contributed by atoms with Gasteiger partial charge in [0.2, 0.25) is 0 Å². The summed E-state index contributed by atoms with van der Waals surface area (Å²) in [5.41, 5.74) is 3.70. The third-order valence-corrected chi connectivity index (χ3v) is 14.2. The van der Waals surface area contributed by atoms with Gasteiger partial charge in [0.1, 0.15) is 6.10 Å². The van der Waals surface area contributed by atoms with Crippen molar-refractivity contribution < 1.29 is 41.6 Å². The third-order valence-electron chi connectivity index (χ3n) is 14.2. The van der Waals surface area contributed by atoms with Crippen LogP contribution in [0.3, 0.4) is 0 Å². The molecule has 7 rings (SSSR count). The molecule has 2 heterocycles. The first-order valence-electron chi connectivity index (χ1n) is 21.2. The number of aliphatic hydroxyl groups is 2. The first kappa shape index (κ1) is 42.9. The van der Waals surface area contributed by atoms with Crippen LogP contribution in [-0.2, 0) is 15.9 Å². The lowest BCUT2D eigenvalue weighted by Crippen LogP contribution is -2.61. The summed E-state index contributed by atoms with van der Waals surface area (Å²) in [4.78, 5) is 2.40. The second-order valence-corrected chi connectivity index (χ2v) is 19.0. The summed E-state index contributed by atoms with van der Waals surface area (Å²) in [6.45, 7) is 18.9.